The molecule has 58 heavy (non-hydrogen) atoms. The van der Waals surface area contributed by atoms with Crippen LogP contribution in [0.15, 0.2) is 36.5 Å². The molecule has 10 atom stereocenters. The summed E-state index contributed by atoms with van der Waals surface area (Å²) in [6, 6.07) is 0. The molecule has 4 rings (SSSR count). The van der Waals surface area contributed by atoms with Crippen molar-refractivity contribution < 1.29 is 72.4 Å². The Morgan fingerprint density at radius 3 is 2.36 bits per heavy atom. The van der Waals surface area contributed by atoms with E-state index in [9.17, 15) is 34.5 Å². The number of aliphatic hydroxyl groups is 3. The number of carbonyl (C=O) groups excluding carboxylic acids is 4. The summed E-state index contributed by atoms with van der Waals surface area (Å²) in [6.45, 7) is 8.47. The minimum absolute atomic E-state index is 0.0449. The van der Waals surface area contributed by atoms with Crippen LogP contribution in [-0.4, -0.2) is 120 Å². The third-order valence-corrected chi connectivity index (χ3v) is 11.2. The van der Waals surface area contributed by atoms with E-state index in [1.165, 1.54) is 13.2 Å². The summed E-state index contributed by atoms with van der Waals surface area (Å²) in [7, 11) is 1.20. The Labute approximate surface area is 342 Å². The molecule has 328 valence electrons. The maximum atomic E-state index is 13.4. The summed E-state index contributed by atoms with van der Waals surface area (Å²) in [5, 5.41) is 34.0. The first-order chi connectivity index (χ1) is 27.7. The number of carbonyl (C=O) groups is 4. The molecule has 3 N–H and O–H groups in total. The maximum absolute atomic E-state index is 13.4. The number of rotatable bonds is 13. The van der Waals surface area contributed by atoms with E-state index in [0.717, 1.165) is 44.6 Å². The lowest BCUT2D eigenvalue weighted by atomic mass is 9.74. The Bertz CT molecular complexity index is 1430. The highest BCUT2D eigenvalue weighted by molar-refractivity contribution is 5.83. The number of hydrogen-bond donors (Lipinski definition) is 3. The van der Waals surface area contributed by atoms with Crippen molar-refractivity contribution in [3.8, 4) is 0 Å². The highest BCUT2D eigenvalue weighted by Crippen LogP contribution is 2.47. The number of aliphatic hydroxyl groups excluding tert-OH is 2. The third kappa shape index (κ3) is 14.2. The van der Waals surface area contributed by atoms with Crippen molar-refractivity contribution in [2.24, 2.45) is 5.41 Å². The Balaban J connectivity index is 1.74. The minimum Gasteiger partial charge on any atom is -0.466 e. The molecular formula is C43H66O15. The van der Waals surface area contributed by atoms with E-state index in [1.807, 2.05) is 0 Å². The van der Waals surface area contributed by atoms with E-state index in [2.05, 4.69) is 13.5 Å². The van der Waals surface area contributed by atoms with Gasteiger partial charge in [0.15, 0.2) is 12.4 Å². The number of cyclic esters (lactones) is 1. The molecule has 1 unspecified atom stereocenters. The van der Waals surface area contributed by atoms with Crippen LogP contribution in [0.2, 0.25) is 0 Å². The predicted molar refractivity (Wildman–Crippen MR) is 209 cm³/mol. The number of ether oxygens (including phenoxy) is 8. The molecule has 4 aliphatic heterocycles. The van der Waals surface area contributed by atoms with Crippen molar-refractivity contribution in [3.05, 3.63) is 36.5 Å². The van der Waals surface area contributed by atoms with Crippen LogP contribution in [0.3, 0.4) is 0 Å². The zero-order valence-corrected chi connectivity index (χ0v) is 34.7. The average Bonchev–Trinajstić information content (AvgIpc) is 3.16. The van der Waals surface area contributed by atoms with E-state index in [1.54, 1.807) is 26.0 Å². The monoisotopic (exact) mass is 822 g/mol. The fourth-order valence-corrected chi connectivity index (χ4v) is 8.08. The summed E-state index contributed by atoms with van der Waals surface area (Å²) in [5.41, 5.74) is -1.22. The molecule has 3 fully saturated rings. The Morgan fingerprint density at radius 2 is 1.66 bits per heavy atom. The number of fused-ring (bicyclic) bond motifs is 6. The van der Waals surface area contributed by atoms with Crippen LogP contribution in [0.1, 0.15) is 124 Å². The number of esters is 4. The summed E-state index contributed by atoms with van der Waals surface area (Å²) in [6.07, 6.45) is 5.95. The highest BCUT2D eigenvalue weighted by Gasteiger charge is 2.57. The zero-order valence-electron chi connectivity index (χ0n) is 34.7. The molecule has 6 bridgehead atoms. The molecule has 0 saturated carbocycles. The topological polar surface area (TPSA) is 203 Å². The van der Waals surface area contributed by atoms with Crippen LogP contribution in [-0.2, 0) is 57.1 Å². The molecule has 0 spiro atoms. The molecule has 4 aliphatic rings. The van der Waals surface area contributed by atoms with E-state index < -0.39 is 84.6 Å². The largest absolute Gasteiger partial charge is 0.466 e. The van der Waals surface area contributed by atoms with Gasteiger partial charge in [-0.05, 0) is 43.8 Å². The molecule has 15 heteroatoms. The van der Waals surface area contributed by atoms with Crippen LogP contribution < -0.4 is 0 Å². The first-order valence-corrected chi connectivity index (χ1v) is 21.0. The standard InChI is InChI=1S/C43H66O15/c1-6-8-9-10-11-15-36(46)57-41-28(20-37(47)51-5)19-34-25-35(27-44)54-39(49)22-29(45)21-30-13-12-14-31(53-30)23-32-24-33(26-38(48)52-18-7-2)56-40(55-32)16-17-42(3,4)43(41,50)58-34/h7,16-17,20,29-35,40-41,44-45,50H,2,6,8-15,18-19,21-27H2,1,3-5H3/t29-,30+,31-,32?,33-,34+,35-,40-,41+,43-/m1/s1. The van der Waals surface area contributed by atoms with Gasteiger partial charge in [-0.25, -0.2) is 4.79 Å². The van der Waals surface area contributed by atoms with Crippen molar-refractivity contribution in [1.82, 2.24) is 0 Å². The van der Waals surface area contributed by atoms with Crippen molar-refractivity contribution in [2.75, 3.05) is 20.3 Å². The van der Waals surface area contributed by atoms with Gasteiger partial charge < -0.3 is 53.2 Å². The smallest absolute Gasteiger partial charge is 0.330 e. The Hall–Kier alpha value is -3.18. The molecule has 0 aromatic rings. The quantitative estimate of drug-likeness (QED) is 0.0750. The van der Waals surface area contributed by atoms with Crippen LogP contribution in [0.5, 0.6) is 0 Å². The van der Waals surface area contributed by atoms with E-state index >= 15 is 0 Å². The second-order valence-electron chi connectivity index (χ2n) is 16.5. The van der Waals surface area contributed by atoms with E-state index in [0.29, 0.717) is 25.7 Å². The fraction of sp³-hybridized carbons (Fsp3) is 0.767. The van der Waals surface area contributed by atoms with Crippen molar-refractivity contribution in [3.63, 3.8) is 0 Å². The number of unbranched alkanes of at least 4 members (excludes halogenated alkanes) is 4. The van der Waals surface area contributed by atoms with Crippen molar-refractivity contribution in [1.29, 1.82) is 0 Å². The van der Waals surface area contributed by atoms with Crippen LogP contribution in [0.25, 0.3) is 0 Å². The summed E-state index contributed by atoms with van der Waals surface area (Å²) in [4.78, 5) is 52.0. The first-order valence-electron chi connectivity index (χ1n) is 21.0. The van der Waals surface area contributed by atoms with Gasteiger partial charge in [-0.15, -0.1) is 0 Å². The van der Waals surface area contributed by atoms with Gasteiger partial charge in [-0.2, -0.15) is 0 Å². The molecule has 15 nitrogen and oxygen atoms in total. The predicted octanol–water partition coefficient (Wildman–Crippen LogP) is 4.81. The molecule has 0 radical (unpaired) electrons. The highest BCUT2D eigenvalue weighted by atomic mass is 16.7. The van der Waals surface area contributed by atoms with Gasteiger partial charge in [-0.1, -0.05) is 65.2 Å². The summed E-state index contributed by atoms with van der Waals surface area (Å²) < 4.78 is 47.3. The summed E-state index contributed by atoms with van der Waals surface area (Å²) >= 11 is 0. The van der Waals surface area contributed by atoms with Crippen LogP contribution >= 0.6 is 0 Å². The van der Waals surface area contributed by atoms with Gasteiger partial charge in [0.05, 0.1) is 63.2 Å². The van der Waals surface area contributed by atoms with Crippen LogP contribution in [0, 0.1) is 5.41 Å². The molecular weight excluding hydrogens is 756 g/mol. The lowest BCUT2D eigenvalue weighted by Gasteiger charge is -2.51. The van der Waals surface area contributed by atoms with Crippen LogP contribution in [0.4, 0.5) is 0 Å². The molecule has 0 aliphatic carbocycles. The Morgan fingerprint density at radius 1 is 0.931 bits per heavy atom. The van der Waals surface area contributed by atoms with Gasteiger partial charge in [0.25, 0.3) is 0 Å². The van der Waals surface area contributed by atoms with Gasteiger partial charge >= 0.3 is 23.9 Å². The molecule has 3 saturated heterocycles. The second kappa shape index (κ2) is 23.0. The molecule has 0 amide bonds. The molecule has 0 aromatic heterocycles. The lowest BCUT2D eigenvalue weighted by Crippen LogP contribution is -2.62. The number of methoxy groups -OCH3 is 1. The molecule has 0 aromatic carbocycles. The van der Waals surface area contributed by atoms with Gasteiger partial charge in [0.2, 0.25) is 5.79 Å². The second-order valence-corrected chi connectivity index (χ2v) is 16.5. The first kappa shape index (κ1) is 47.5. The summed E-state index contributed by atoms with van der Waals surface area (Å²) in [5.74, 6) is -4.90. The molecule has 4 heterocycles. The maximum Gasteiger partial charge on any atom is 0.330 e. The van der Waals surface area contributed by atoms with E-state index in [4.69, 9.17) is 37.9 Å². The van der Waals surface area contributed by atoms with Gasteiger partial charge in [-0.3, -0.25) is 14.4 Å². The zero-order chi connectivity index (χ0) is 42.3. The van der Waals surface area contributed by atoms with Crippen molar-refractivity contribution >= 4 is 23.9 Å². The Kier molecular flexibility index (Phi) is 18.8. The minimum atomic E-state index is -2.35. The van der Waals surface area contributed by atoms with Crippen molar-refractivity contribution in [2.45, 2.75) is 184 Å². The fourth-order valence-electron chi connectivity index (χ4n) is 8.08. The third-order valence-electron chi connectivity index (χ3n) is 11.2. The number of hydrogen-bond acceptors (Lipinski definition) is 15. The van der Waals surface area contributed by atoms with Gasteiger partial charge in [0, 0.05) is 43.6 Å². The lowest BCUT2D eigenvalue weighted by molar-refractivity contribution is -0.327. The SMILES string of the molecule is C=CCOC(=O)C[C@H]1CC2C[C@H]3CCC[C@@H](C[C@@H](O)CC(=O)O[C@@H](CO)C[C@@H]4CC(=CC(=O)OC)[C@H](OC(=O)CCCCCCC)[C@@](O)(O4)C(C)(C)C=C[C@H](O2)O1)O3. The average molecular weight is 823 g/mol. The van der Waals surface area contributed by atoms with E-state index in [-0.39, 0.29) is 62.9 Å². The van der Waals surface area contributed by atoms with Gasteiger partial charge in [0.1, 0.15) is 12.7 Å². The normalized spacial score (nSPS) is 33.9.